The van der Waals surface area contributed by atoms with E-state index in [1.165, 1.54) is 186 Å². The van der Waals surface area contributed by atoms with E-state index in [0.29, 0.717) is 19.4 Å². The quantitative estimate of drug-likeness (QED) is 0.0345. The first-order chi connectivity index (χ1) is 33.6. The molecule has 0 fully saturated rings. The summed E-state index contributed by atoms with van der Waals surface area (Å²) in [6, 6.07) is 0. The molecule has 0 N–H and O–H groups in total. The molecule has 0 aliphatic rings. The molecule has 396 valence electrons. The standard InChI is InChI=1S/C63H114O5/c1-4-7-10-13-16-19-22-25-28-31-32-34-36-39-42-45-48-51-54-57-63(65)68-61(59-66-58-55-52-49-46-43-40-37-30-27-24-21-18-15-12-9-6-3)60-67-62(64)56-53-50-47-44-41-38-35-33-29-26-23-20-17-14-11-8-5-2/h16-17,19-20,25-26,28-29,35,38,61H,4-15,18,21-24,27,30-34,36-37,39-60H2,1-3H3/b19-16-,20-17-,28-25-,29-26-,38-35-/t61-/m1/s1. The van der Waals surface area contributed by atoms with Crippen LogP contribution in [0.15, 0.2) is 60.8 Å². The van der Waals surface area contributed by atoms with E-state index in [1.54, 1.807) is 0 Å². The lowest BCUT2D eigenvalue weighted by atomic mass is 10.0. The Kier molecular flexibility index (Phi) is 56.8. The van der Waals surface area contributed by atoms with Crippen LogP contribution < -0.4 is 0 Å². The van der Waals surface area contributed by atoms with Crippen molar-refractivity contribution in [1.82, 2.24) is 0 Å². The third-order valence-electron chi connectivity index (χ3n) is 13.0. The average Bonchev–Trinajstić information content (AvgIpc) is 3.34. The van der Waals surface area contributed by atoms with Gasteiger partial charge in [-0.05, 0) is 89.9 Å². The maximum atomic E-state index is 12.9. The van der Waals surface area contributed by atoms with Crippen molar-refractivity contribution < 1.29 is 23.8 Å². The van der Waals surface area contributed by atoms with Crippen molar-refractivity contribution in [2.24, 2.45) is 0 Å². The highest BCUT2D eigenvalue weighted by Crippen LogP contribution is 2.16. The molecule has 0 heterocycles. The van der Waals surface area contributed by atoms with E-state index in [2.05, 4.69) is 81.5 Å². The maximum Gasteiger partial charge on any atom is 0.306 e. The topological polar surface area (TPSA) is 61.8 Å². The molecule has 0 aliphatic carbocycles. The third kappa shape index (κ3) is 56.2. The van der Waals surface area contributed by atoms with E-state index in [9.17, 15) is 9.59 Å². The molecule has 1 atom stereocenters. The van der Waals surface area contributed by atoms with E-state index < -0.39 is 6.10 Å². The highest BCUT2D eigenvalue weighted by Gasteiger charge is 2.17. The Bertz CT molecular complexity index is 1170. The summed E-state index contributed by atoms with van der Waals surface area (Å²) < 4.78 is 17.5. The molecular weight excluding hydrogens is 837 g/mol. The van der Waals surface area contributed by atoms with E-state index >= 15 is 0 Å². The van der Waals surface area contributed by atoms with Crippen molar-refractivity contribution in [2.75, 3.05) is 19.8 Å². The molecule has 0 saturated carbocycles. The first kappa shape index (κ1) is 65.6. The molecule has 0 rings (SSSR count). The zero-order valence-corrected chi connectivity index (χ0v) is 45.6. The van der Waals surface area contributed by atoms with Gasteiger partial charge in [0.05, 0.1) is 6.61 Å². The van der Waals surface area contributed by atoms with Crippen LogP contribution in [0, 0.1) is 0 Å². The van der Waals surface area contributed by atoms with E-state index in [4.69, 9.17) is 14.2 Å². The number of ether oxygens (including phenoxy) is 3. The summed E-state index contributed by atoms with van der Waals surface area (Å²) in [5.74, 6) is -0.413. The van der Waals surface area contributed by atoms with Gasteiger partial charge in [0.1, 0.15) is 6.61 Å². The highest BCUT2D eigenvalue weighted by molar-refractivity contribution is 5.70. The van der Waals surface area contributed by atoms with Crippen molar-refractivity contribution in [3.63, 3.8) is 0 Å². The van der Waals surface area contributed by atoms with E-state index in [1.807, 2.05) is 0 Å². The number of esters is 2. The van der Waals surface area contributed by atoms with Crippen molar-refractivity contribution >= 4 is 11.9 Å². The second-order valence-electron chi connectivity index (χ2n) is 19.9. The highest BCUT2D eigenvalue weighted by atomic mass is 16.6. The van der Waals surface area contributed by atoms with Gasteiger partial charge in [0.15, 0.2) is 6.10 Å². The Morgan fingerprint density at radius 2 is 0.618 bits per heavy atom. The summed E-state index contributed by atoms with van der Waals surface area (Å²) in [7, 11) is 0. The van der Waals surface area contributed by atoms with Gasteiger partial charge in [-0.25, -0.2) is 0 Å². The smallest absolute Gasteiger partial charge is 0.306 e. The van der Waals surface area contributed by atoms with Crippen molar-refractivity contribution in [2.45, 2.75) is 309 Å². The van der Waals surface area contributed by atoms with Gasteiger partial charge in [-0.2, -0.15) is 0 Å². The molecule has 0 aromatic carbocycles. The summed E-state index contributed by atoms with van der Waals surface area (Å²) >= 11 is 0. The molecule has 0 radical (unpaired) electrons. The number of carbonyl (C=O) groups excluding carboxylic acids is 2. The number of hydrogen-bond donors (Lipinski definition) is 0. The number of allylic oxidation sites excluding steroid dienone is 10. The molecule has 0 aromatic rings. The number of rotatable bonds is 55. The molecule has 0 spiro atoms. The van der Waals surface area contributed by atoms with Gasteiger partial charge in [-0.3, -0.25) is 9.59 Å². The third-order valence-corrected chi connectivity index (χ3v) is 13.0. The summed E-state index contributed by atoms with van der Waals surface area (Å²) in [5.41, 5.74) is 0. The van der Waals surface area contributed by atoms with E-state index in [-0.39, 0.29) is 25.2 Å². The number of carbonyl (C=O) groups is 2. The van der Waals surface area contributed by atoms with Gasteiger partial charge in [0, 0.05) is 19.4 Å². The van der Waals surface area contributed by atoms with Gasteiger partial charge >= 0.3 is 11.9 Å². The first-order valence-electron chi connectivity index (χ1n) is 29.8. The van der Waals surface area contributed by atoms with Crippen LogP contribution in [0.2, 0.25) is 0 Å². The Morgan fingerprint density at radius 1 is 0.324 bits per heavy atom. The molecule has 0 bridgehead atoms. The zero-order valence-electron chi connectivity index (χ0n) is 45.6. The summed E-state index contributed by atoms with van der Waals surface area (Å²) in [6.07, 6.45) is 75.2. The summed E-state index contributed by atoms with van der Waals surface area (Å²) in [5, 5.41) is 0. The minimum absolute atomic E-state index is 0.0742. The Morgan fingerprint density at radius 3 is 1.01 bits per heavy atom. The van der Waals surface area contributed by atoms with Gasteiger partial charge < -0.3 is 14.2 Å². The fraction of sp³-hybridized carbons (Fsp3) is 0.810. The van der Waals surface area contributed by atoms with Crippen molar-refractivity contribution in [3.05, 3.63) is 60.8 Å². The van der Waals surface area contributed by atoms with Gasteiger partial charge in [0.2, 0.25) is 0 Å². The Labute approximate surface area is 424 Å². The number of unbranched alkanes of at least 4 members (excludes halogenated alkanes) is 34. The molecule has 0 saturated heterocycles. The van der Waals surface area contributed by atoms with Crippen molar-refractivity contribution in [1.29, 1.82) is 0 Å². The monoisotopic (exact) mass is 951 g/mol. The zero-order chi connectivity index (χ0) is 49.2. The fourth-order valence-electron chi connectivity index (χ4n) is 8.55. The maximum absolute atomic E-state index is 12.9. The minimum atomic E-state index is -0.547. The second kappa shape index (κ2) is 58.9. The molecule has 0 aliphatic heterocycles. The predicted molar refractivity (Wildman–Crippen MR) is 298 cm³/mol. The molecule has 68 heavy (non-hydrogen) atoms. The molecular formula is C63H114O5. The van der Waals surface area contributed by atoms with Crippen LogP contribution in [-0.2, 0) is 23.8 Å². The van der Waals surface area contributed by atoms with Crippen LogP contribution in [0.25, 0.3) is 0 Å². The molecule has 5 nitrogen and oxygen atoms in total. The lowest BCUT2D eigenvalue weighted by molar-refractivity contribution is -0.163. The first-order valence-corrected chi connectivity index (χ1v) is 29.8. The van der Waals surface area contributed by atoms with Crippen LogP contribution in [0.1, 0.15) is 303 Å². The molecule has 0 amide bonds. The summed E-state index contributed by atoms with van der Waals surface area (Å²) in [4.78, 5) is 25.5. The fourth-order valence-corrected chi connectivity index (χ4v) is 8.55. The van der Waals surface area contributed by atoms with Gasteiger partial charge in [-0.1, -0.05) is 261 Å². The average molecular weight is 952 g/mol. The largest absolute Gasteiger partial charge is 0.462 e. The van der Waals surface area contributed by atoms with Gasteiger partial charge in [0.25, 0.3) is 0 Å². The molecule has 0 unspecified atom stereocenters. The van der Waals surface area contributed by atoms with Crippen LogP contribution in [0.3, 0.4) is 0 Å². The van der Waals surface area contributed by atoms with Crippen LogP contribution >= 0.6 is 0 Å². The molecule has 5 heteroatoms. The van der Waals surface area contributed by atoms with Crippen LogP contribution in [0.5, 0.6) is 0 Å². The summed E-state index contributed by atoms with van der Waals surface area (Å²) in [6.45, 7) is 7.80. The predicted octanol–water partition coefficient (Wildman–Crippen LogP) is 20.5. The van der Waals surface area contributed by atoms with Crippen LogP contribution in [-0.4, -0.2) is 37.9 Å². The Balaban J connectivity index is 4.30. The number of hydrogen-bond acceptors (Lipinski definition) is 5. The van der Waals surface area contributed by atoms with Gasteiger partial charge in [-0.15, -0.1) is 0 Å². The molecule has 0 aromatic heterocycles. The lowest BCUT2D eigenvalue weighted by Crippen LogP contribution is -2.30. The minimum Gasteiger partial charge on any atom is -0.462 e. The lowest BCUT2D eigenvalue weighted by Gasteiger charge is -2.18. The van der Waals surface area contributed by atoms with Crippen LogP contribution in [0.4, 0.5) is 0 Å². The second-order valence-corrected chi connectivity index (χ2v) is 19.9. The van der Waals surface area contributed by atoms with E-state index in [0.717, 1.165) is 83.5 Å². The normalized spacial score (nSPS) is 12.6. The van der Waals surface area contributed by atoms with Crippen molar-refractivity contribution in [3.8, 4) is 0 Å². The SMILES string of the molecule is CCCCC/C=C\C/C=C\C/C=C\CCCCCCC(=O)OC[C@@H](COCCCCCCCCCCCCCCCCCC)OC(=O)CCCCCCCCCCC/C=C\C/C=C\CCCCC. The Hall–Kier alpha value is -2.40.